The highest BCUT2D eigenvalue weighted by Gasteiger charge is 2.10. The molecule has 0 bridgehead atoms. The number of Topliss-reactive ketones (excluding diaryl/α,β-unsaturated/α-hetero) is 1. The molecule has 0 rings (SSSR count). The van der Waals surface area contributed by atoms with Crippen molar-refractivity contribution in [1.29, 1.82) is 0 Å². The number of nitrogens with one attached hydrogen (secondary N) is 3. The molecule has 15 heavy (non-hydrogen) atoms. The molecule has 0 fully saturated rings. The van der Waals surface area contributed by atoms with Gasteiger partial charge in [-0.1, -0.05) is 0 Å². The second-order valence-corrected chi connectivity index (χ2v) is 3.34. The van der Waals surface area contributed by atoms with Gasteiger partial charge in [-0.25, -0.2) is 0 Å². The molecule has 0 aliphatic rings. The Morgan fingerprint density at radius 3 is 2.47 bits per heavy atom. The first kappa shape index (κ1) is 13.9. The molecule has 1 atom stereocenters. The minimum Gasteiger partial charge on any atom is -0.359 e. The highest BCUT2D eigenvalue weighted by Crippen LogP contribution is 1.96. The van der Waals surface area contributed by atoms with Crippen molar-refractivity contribution in [2.24, 2.45) is 4.99 Å². The van der Waals surface area contributed by atoms with Gasteiger partial charge in [0.2, 0.25) is 0 Å². The van der Waals surface area contributed by atoms with Gasteiger partial charge in [0.05, 0.1) is 6.04 Å². The van der Waals surface area contributed by atoms with Gasteiger partial charge >= 0.3 is 0 Å². The summed E-state index contributed by atoms with van der Waals surface area (Å²) in [4.78, 5) is 15.1. The molecule has 0 radical (unpaired) electrons. The van der Waals surface area contributed by atoms with Crippen molar-refractivity contribution in [2.75, 3.05) is 27.7 Å². The van der Waals surface area contributed by atoms with Crippen LogP contribution in [0.2, 0.25) is 0 Å². The molecular formula is C10H22N4O. The largest absolute Gasteiger partial charge is 0.359 e. The molecule has 0 aromatic rings. The molecule has 0 aliphatic carbocycles. The van der Waals surface area contributed by atoms with E-state index in [1.54, 1.807) is 14.0 Å². The van der Waals surface area contributed by atoms with Crippen molar-refractivity contribution in [3.05, 3.63) is 0 Å². The van der Waals surface area contributed by atoms with E-state index >= 15 is 0 Å². The van der Waals surface area contributed by atoms with Crippen molar-refractivity contribution in [3.8, 4) is 0 Å². The first-order chi connectivity index (χ1) is 7.15. The molecule has 5 nitrogen and oxygen atoms in total. The maximum atomic E-state index is 11.1. The molecule has 0 amide bonds. The van der Waals surface area contributed by atoms with Crippen molar-refractivity contribution < 1.29 is 4.79 Å². The summed E-state index contributed by atoms with van der Waals surface area (Å²) < 4.78 is 0. The summed E-state index contributed by atoms with van der Waals surface area (Å²) in [6.45, 7) is 2.43. The molecule has 88 valence electrons. The van der Waals surface area contributed by atoms with Gasteiger partial charge in [-0.05, 0) is 26.8 Å². The van der Waals surface area contributed by atoms with Gasteiger partial charge in [-0.3, -0.25) is 9.79 Å². The number of carbonyl (C=O) groups is 1. The minimum absolute atomic E-state index is 0.0246. The molecular weight excluding hydrogens is 192 g/mol. The van der Waals surface area contributed by atoms with Gasteiger partial charge in [0.15, 0.2) is 5.96 Å². The normalized spacial score (nSPS) is 13.5. The Bertz CT molecular complexity index is 215. The molecule has 0 aromatic carbocycles. The average molecular weight is 214 g/mol. The van der Waals surface area contributed by atoms with E-state index in [9.17, 15) is 4.79 Å². The van der Waals surface area contributed by atoms with Gasteiger partial charge in [0.1, 0.15) is 5.78 Å². The van der Waals surface area contributed by atoms with Gasteiger partial charge < -0.3 is 16.0 Å². The fraction of sp³-hybridized carbons (Fsp3) is 0.800. The third kappa shape index (κ3) is 6.06. The summed E-state index contributed by atoms with van der Waals surface area (Å²) >= 11 is 0. The number of ketones is 1. The number of hydrogen-bond acceptors (Lipinski definition) is 3. The lowest BCUT2D eigenvalue weighted by Gasteiger charge is -2.13. The van der Waals surface area contributed by atoms with Gasteiger partial charge in [0, 0.05) is 20.6 Å². The number of guanidine groups is 1. The van der Waals surface area contributed by atoms with Crippen molar-refractivity contribution in [3.63, 3.8) is 0 Å². The lowest BCUT2D eigenvalue weighted by Crippen LogP contribution is -2.37. The van der Waals surface area contributed by atoms with Crippen LogP contribution in [-0.4, -0.2) is 45.5 Å². The van der Waals surface area contributed by atoms with Crippen molar-refractivity contribution in [1.82, 2.24) is 16.0 Å². The maximum Gasteiger partial charge on any atom is 0.190 e. The number of rotatable bonds is 6. The van der Waals surface area contributed by atoms with E-state index in [-0.39, 0.29) is 11.8 Å². The lowest BCUT2D eigenvalue weighted by atomic mass is 10.1. The molecule has 0 spiro atoms. The van der Waals surface area contributed by atoms with Crippen LogP contribution in [0.15, 0.2) is 4.99 Å². The van der Waals surface area contributed by atoms with Crippen LogP contribution in [0.3, 0.4) is 0 Å². The SMILES string of the molecule is C/N=C(/NC)NCCC[C@H](NC)C(C)=O. The summed E-state index contributed by atoms with van der Waals surface area (Å²) in [6, 6.07) is -0.0246. The van der Waals surface area contributed by atoms with E-state index in [4.69, 9.17) is 0 Å². The smallest absolute Gasteiger partial charge is 0.190 e. The van der Waals surface area contributed by atoms with Gasteiger partial charge in [-0.2, -0.15) is 0 Å². The Hall–Kier alpha value is -1.10. The van der Waals surface area contributed by atoms with Crippen LogP contribution in [0, 0.1) is 0 Å². The fourth-order valence-electron chi connectivity index (χ4n) is 1.34. The van der Waals surface area contributed by atoms with Crippen LogP contribution in [-0.2, 0) is 4.79 Å². The molecule has 3 N–H and O–H groups in total. The summed E-state index contributed by atoms with van der Waals surface area (Å²) in [5, 5.41) is 9.06. The lowest BCUT2D eigenvalue weighted by molar-refractivity contribution is -0.119. The predicted octanol–water partition coefficient (Wildman–Crippen LogP) is -0.262. The van der Waals surface area contributed by atoms with Gasteiger partial charge in [-0.15, -0.1) is 0 Å². The van der Waals surface area contributed by atoms with E-state index in [1.165, 1.54) is 0 Å². The van der Waals surface area contributed by atoms with Crippen LogP contribution in [0.25, 0.3) is 0 Å². The maximum absolute atomic E-state index is 11.1. The standard InChI is InChI=1S/C10H22N4O/c1-8(15)9(11-2)6-5-7-14-10(12-3)13-4/h9,11H,5-7H2,1-4H3,(H2,12,13,14)/t9-/m0/s1. The van der Waals surface area contributed by atoms with Crippen molar-refractivity contribution in [2.45, 2.75) is 25.8 Å². The Morgan fingerprint density at radius 1 is 1.40 bits per heavy atom. The van der Waals surface area contributed by atoms with E-state index in [1.807, 2.05) is 14.1 Å². The zero-order valence-electron chi connectivity index (χ0n) is 10.1. The first-order valence-corrected chi connectivity index (χ1v) is 5.21. The van der Waals surface area contributed by atoms with E-state index in [2.05, 4.69) is 20.9 Å². The number of likely N-dealkylation sites (N-methyl/N-ethyl adjacent to an activating group) is 1. The molecule has 0 unspecified atom stereocenters. The topological polar surface area (TPSA) is 65.5 Å². The predicted molar refractivity (Wildman–Crippen MR) is 63.2 cm³/mol. The Balaban J connectivity index is 3.65. The average Bonchev–Trinajstić information content (AvgIpc) is 2.23. The molecule has 0 aromatic heterocycles. The zero-order chi connectivity index (χ0) is 11.7. The fourth-order valence-corrected chi connectivity index (χ4v) is 1.34. The Kier molecular flexibility index (Phi) is 7.62. The highest BCUT2D eigenvalue weighted by atomic mass is 16.1. The number of nitrogens with zero attached hydrogens (tertiary/aromatic N) is 1. The molecule has 0 aliphatic heterocycles. The monoisotopic (exact) mass is 214 g/mol. The summed E-state index contributed by atoms with van der Waals surface area (Å²) in [6.07, 6.45) is 1.78. The van der Waals surface area contributed by atoms with Crippen molar-refractivity contribution >= 4 is 11.7 Å². The zero-order valence-corrected chi connectivity index (χ0v) is 10.1. The van der Waals surface area contributed by atoms with Crippen LogP contribution in [0.5, 0.6) is 0 Å². The minimum atomic E-state index is -0.0246. The van der Waals surface area contributed by atoms with Crippen LogP contribution in [0.1, 0.15) is 19.8 Å². The van der Waals surface area contributed by atoms with Crippen LogP contribution >= 0.6 is 0 Å². The molecule has 0 heterocycles. The second-order valence-electron chi connectivity index (χ2n) is 3.34. The second kappa shape index (κ2) is 8.23. The summed E-state index contributed by atoms with van der Waals surface area (Å²) in [7, 11) is 5.36. The highest BCUT2D eigenvalue weighted by molar-refractivity contribution is 5.81. The summed E-state index contributed by atoms with van der Waals surface area (Å²) in [5.41, 5.74) is 0. The van der Waals surface area contributed by atoms with E-state index in [0.717, 1.165) is 25.3 Å². The number of aliphatic imine (C=N–C) groups is 1. The molecule has 0 saturated carbocycles. The van der Waals surface area contributed by atoms with E-state index < -0.39 is 0 Å². The van der Waals surface area contributed by atoms with Crippen LogP contribution in [0.4, 0.5) is 0 Å². The quantitative estimate of drug-likeness (QED) is 0.324. The first-order valence-electron chi connectivity index (χ1n) is 5.21. The Labute approximate surface area is 91.7 Å². The van der Waals surface area contributed by atoms with E-state index in [0.29, 0.717) is 0 Å². The third-order valence-corrected chi connectivity index (χ3v) is 2.26. The van der Waals surface area contributed by atoms with Crippen LogP contribution < -0.4 is 16.0 Å². The molecule has 0 saturated heterocycles. The summed E-state index contributed by atoms with van der Waals surface area (Å²) in [5.74, 6) is 0.967. The third-order valence-electron chi connectivity index (χ3n) is 2.26. The molecule has 5 heteroatoms. The Morgan fingerprint density at radius 2 is 2.07 bits per heavy atom. The number of hydrogen-bond donors (Lipinski definition) is 3. The van der Waals surface area contributed by atoms with Gasteiger partial charge in [0.25, 0.3) is 0 Å². The number of carbonyl (C=O) groups excluding carboxylic acids is 1.